The molecule has 10 heteroatoms. The van der Waals surface area contributed by atoms with Crippen molar-refractivity contribution >= 4 is 50.3 Å². The number of nitro groups is 1. The number of fused-ring (bicyclic) bond motifs is 1. The molecule has 8 nitrogen and oxygen atoms in total. The lowest BCUT2D eigenvalue weighted by molar-refractivity contribution is -0.385. The van der Waals surface area contributed by atoms with E-state index in [4.69, 9.17) is 16.3 Å². The van der Waals surface area contributed by atoms with Crippen LogP contribution in [0.5, 0.6) is 5.75 Å². The van der Waals surface area contributed by atoms with Crippen LogP contribution in [0.3, 0.4) is 0 Å². The number of aromatic nitrogens is 2. The largest absolute Gasteiger partial charge is 0.481 e. The van der Waals surface area contributed by atoms with Gasteiger partial charge in [0.1, 0.15) is 12.4 Å². The van der Waals surface area contributed by atoms with Crippen molar-refractivity contribution in [3.8, 4) is 5.75 Å². The van der Waals surface area contributed by atoms with E-state index in [9.17, 15) is 14.9 Å². The van der Waals surface area contributed by atoms with E-state index >= 15 is 0 Å². The zero-order valence-corrected chi connectivity index (χ0v) is 22.8. The molecule has 0 unspecified atom stereocenters. The topological polar surface area (TPSA) is 99.6 Å². The van der Waals surface area contributed by atoms with Crippen LogP contribution in [0.1, 0.15) is 48.7 Å². The Bertz CT molecular complexity index is 1590. The van der Waals surface area contributed by atoms with Crippen molar-refractivity contribution in [2.75, 3.05) is 0 Å². The van der Waals surface area contributed by atoms with Gasteiger partial charge in [0.2, 0.25) is 5.75 Å². The number of ether oxygens (including phenoxy) is 1. The fourth-order valence-corrected chi connectivity index (χ4v) is 4.45. The number of benzene rings is 3. The van der Waals surface area contributed by atoms with Gasteiger partial charge in [-0.05, 0) is 43.2 Å². The van der Waals surface area contributed by atoms with Gasteiger partial charge in [-0.1, -0.05) is 71.2 Å². The molecular weight excluding hydrogens is 560 g/mol. The van der Waals surface area contributed by atoms with Gasteiger partial charge < -0.3 is 4.74 Å². The quantitative estimate of drug-likeness (QED) is 0.126. The zero-order valence-electron chi connectivity index (χ0n) is 20.4. The number of hydrogen-bond acceptors (Lipinski definition) is 6. The molecule has 4 aromatic rings. The molecule has 0 saturated carbocycles. The summed E-state index contributed by atoms with van der Waals surface area (Å²) in [5, 5.41) is 16.7. The highest BCUT2D eigenvalue weighted by Gasteiger charge is 2.21. The molecule has 1 atom stereocenters. The normalized spacial score (nSPS) is 12.2. The molecule has 4 rings (SSSR count). The highest BCUT2D eigenvalue weighted by Crippen LogP contribution is 2.36. The van der Waals surface area contributed by atoms with Gasteiger partial charge in [0, 0.05) is 22.0 Å². The monoisotopic (exact) mass is 582 g/mol. The van der Waals surface area contributed by atoms with Crippen molar-refractivity contribution < 1.29 is 9.66 Å². The number of rotatable bonds is 8. The molecule has 0 bridgehead atoms. The maximum Gasteiger partial charge on any atom is 0.313 e. The Morgan fingerprint density at radius 1 is 1.24 bits per heavy atom. The molecule has 190 valence electrons. The first-order valence-electron chi connectivity index (χ1n) is 11.6. The maximum atomic E-state index is 13.3. The first kappa shape index (κ1) is 26.5. The fraction of sp³-hybridized carbons (Fsp3) is 0.222. The van der Waals surface area contributed by atoms with Crippen LogP contribution in [0, 0.1) is 17.0 Å². The summed E-state index contributed by atoms with van der Waals surface area (Å²) in [5.41, 5.74) is 2.20. The number of halogens is 2. The van der Waals surface area contributed by atoms with Gasteiger partial charge in [-0.3, -0.25) is 14.9 Å². The second kappa shape index (κ2) is 11.2. The van der Waals surface area contributed by atoms with Crippen molar-refractivity contribution in [2.24, 2.45) is 5.10 Å². The molecule has 3 aromatic carbocycles. The molecular formula is C27H24BrClN4O4. The zero-order chi connectivity index (χ0) is 26.7. The third kappa shape index (κ3) is 5.89. The van der Waals surface area contributed by atoms with Crippen LogP contribution in [0.15, 0.2) is 69.0 Å². The summed E-state index contributed by atoms with van der Waals surface area (Å²) in [5.74, 6) is 0.422. The van der Waals surface area contributed by atoms with Crippen molar-refractivity contribution in [1.29, 1.82) is 0 Å². The van der Waals surface area contributed by atoms with Gasteiger partial charge in [0.25, 0.3) is 5.56 Å². The summed E-state index contributed by atoms with van der Waals surface area (Å²) < 4.78 is 7.73. The molecule has 0 aliphatic carbocycles. The third-order valence-corrected chi connectivity index (χ3v) is 6.69. The van der Waals surface area contributed by atoms with E-state index in [-0.39, 0.29) is 34.5 Å². The fourth-order valence-electron chi connectivity index (χ4n) is 3.81. The average Bonchev–Trinajstić information content (AvgIpc) is 2.87. The van der Waals surface area contributed by atoms with E-state index in [0.29, 0.717) is 22.3 Å². The summed E-state index contributed by atoms with van der Waals surface area (Å²) in [6.07, 6.45) is 2.11. The maximum absolute atomic E-state index is 13.3. The molecule has 0 N–H and O–H groups in total. The predicted octanol–water partition coefficient (Wildman–Crippen LogP) is 7.00. The Kier molecular flexibility index (Phi) is 8.04. The van der Waals surface area contributed by atoms with Crippen LogP contribution in [0.2, 0.25) is 5.02 Å². The van der Waals surface area contributed by atoms with Crippen molar-refractivity contribution in [3.05, 3.63) is 107 Å². The van der Waals surface area contributed by atoms with E-state index in [0.717, 1.165) is 22.0 Å². The smallest absolute Gasteiger partial charge is 0.313 e. The Hall–Kier alpha value is -3.56. The minimum atomic E-state index is -0.555. The average molecular weight is 584 g/mol. The van der Waals surface area contributed by atoms with Crippen molar-refractivity contribution in [3.63, 3.8) is 0 Å². The third-order valence-electron chi connectivity index (χ3n) is 5.92. The standard InChI is InChI=1S/C27H24BrClN4O4/c1-4-17(3)26-31-23-9-8-20(28)13-21(23)27(34)32(26)30-14-19-11-22(29)25(24(12-19)33(35)36)37-15-18-7-5-6-16(2)10-18/h5-14,17H,4,15H2,1-3H3/t17-/m0/s1. The van der Waals surface area contributed by atoms with Crippen LogP contribution in [0.25, 0.3) is 10.9 Å². The van der Waals surface area contributed by atoms with Gasteiger partial charge in [0.05, 0.1) is 27.1 Å². The lowest BCUT2D eigenvalue weighted by Gasteiger charge is -2.14. The molecule has 0 amide bonds. The van der Waals surface area contributed by atoms with Gasteiger partial charge in [-0.25, -0.2) is 4.98 Å². The van der Waals surface area contributed by atoms with Crippen LogP contribution in [-0.4, -0.2) is 20.8 Å². The summed E-state index contributed by atoms with van der Waals surface area (Å²) in [7, 11) is 0. The molecule has 0 aliphatic heterocycles. The first-order chi connectivity index (χ1) is 17.7. The van der Waals surface area contributed by atoms with Crippen LogP contribution < -0.4 is 10.3 Å². The van der Waals surface area contributed by atoms with E-state index in [2.05, 4.69) is 26.0 Å². The predicted molar refractivity (Wildman–Crippen MR) is 149 cm³/mol. The van der Waals surface area contributed by atoms with Crippen LogP contribution >= 0.6 is 27.5 Å². The Balaban J connectivity index is 1.74. The number of aryl methyl sites for hydroxylation is 1. The second-order valence-electron chi connectivity index (χ2n) is 8.69. The molecule has 0 aliphatic rings. The minimum Gasteiger partial charge on any atom is -0.481 e. The lowest BCUT2D eigenvalue weighted by Crippen LogP contribution is -2.23. The van der Waals surface area contributed by atoms with E-state index in [1.807, 2.05) is 51.1 Å². The van der Waals surface area contributed by atoms with Gasteiger partial charge in [-0.15, -0.1) is 0 Å². The summed E-state index contributed by atoms with van der Waals surface area (Å²) in [6.45, 7) is 6.03. The molecule has 1 aromatic heterocycles. The van der Waals surface area contributed by atoms with E-state index in [1.165, 1.54) is 23.0 Å². The van der Waals surface area contributed by atoms with Crippen molar-refractivity contribution in [2.45, 2.75) is 39.7 Å². The number of hydrogen-bond donors (Lipinski definition) is 0. The van der Waals surface area contributed by atoms with E-state index < -0.39 is 4.92 Å². The first-order valence-corrected chi connectivity index (χ1v) is 12.8. The summed E-state index contributed by atoms with van der Waals surface area (Å²) in [4.78, 5) is 29.3. The lowest BCUT2D eigenvalue weighted by atomic mass is 10.1. The summed E-state index contributed by atoms with van der Waals surface area (Å²) in [6, 6.07) is 15.8. The highest BCUT2D eigenvalue weighted by atomic mass is 79.9. The molecule has 0 spiro atoms. The molecule has 0 fully saturated rings. The van der Waals surface area contributed by atoms with Gasteiger partial charge >= 0.3 is 5.69 Å². The van der Waals surface area contributed by atoms with Crippen molar-refractivity contribution in [1.82, 2.24) is 9.66 Å². The molecule has 37 heavy (non-hydrogen) atoms. The van der Waals surface area contributed by atoms with Gasteiger partial charge in [0.15, 0.2) is 0 Å². The highest BCUT2D eigenvalue weighted by molar-refractivity contribution is 9.10. The second-order valence-corrected chi connectivity index (χ2v) is 10.0. The Morgan fingerprint density at radius 3 is 2.73 bits per heavy atom. The number of nitro benzene ring substituents is 1. The SMILES string of the molecule is CC[C@H](C)c1nc2ccc(Br)cc2c(=O)n1N=Cc1cc(Cl)c(OCc2cccc(C)c2)c([N+](=O)[O-])c1. The number of nitrogens with zero attached hydrogens (tertiary/aromatic N) is 4. The molecule has 0 saturated heterocycles. The van der Waals surface area contributed by atoms with Crippen LogP contribution in [-0.2, 0) is 6.61 Å². The van der Waals surface area contributed by atoms with E-state index in [1.54, 1.807) is 12.1 Å². The Morgan fingerprint density at radius 2 is 2.03 bits per heavy atom. The Labute approximate surface area is 226 Å². The molecule has 1 heterocycles. The minimum absolute atomic E-state index is 0.0278. The summed E-state index contributed by atoms with van der Waals surface area (Å²) >= 11 is 9.80. The van der Waals surface area contributed by atoms with Gasteiger partial charge in [-0.2, -0.15) is 9.78 Å². The van der Waals surface area contributed by atoms with Crippen LogP contribution in [0.4, 0.5) is 5.69 Å². The molecule has 0 radical (unpaired) electrons.